The fourth-order valence-electron chi connectivity index (χ4n) is 6.44. The quantitative estimate of drug-likeness (QED) is 0.370. The highest BCUT2D eigenvalue weighted by atomic mass is 35.5. The van der Waals surface area contributed by atoms with Crippen LogP contribution in [-0.2, 0) is 14.3 Å². The van der Waals surface area contributed by atoms with Gasteiger partial charge in [-0.1, -0.05) is 54.7 Å². The van der Waals surface area contributed by atoms with Crippen LogP contribution in [-0.4, -0.2) is 52.9 Å². The Balaban J connectivity index is 1.23. The number of carbonyl (C=O) groups excluding carboxylic acids is 3. The molecule has 236 valence electrons. The lowest BCUT2D eigenvalue weighted by Gasteiger charge is -2.31. The molecule has 1 saturated heterocycles. The van der Waals surface area contributed by atoms with Gasteiger partial charge in [-0.25, -0.2) is 5.01 Å². The standard InChI is InChI=1S/C32H33Cl3N6O4/c1-4-39(31(44)27-32(45-27)11-10-18(2)14-19(32)3)22-9-7-8-20(15-22)29(42)37-25-28(40-13-6-5-12-36-40)38-41(30(25)43)26-23(34)16-21(33)17-24(26)35/h5-9,12-13,15-19,25,27,36H,4,10-11,14H2,1-3H3,(H,37,42). The van der Waals surface area contributed by atoms with Crippen molar-refractivity contribution in [3.8, 4) is 0 Å². The topological polar surface area (TPSA) is 110 Å². The van der Waals surface area contributed by atoms with E-state index in [1.807, 2.05) is 6.92 Å². The van der Waals surface area contributed by atoms with E-state index >= 15 is 0 Å². The van der Waals surface area contributed by atoms with Crippen molar-refractivity contribution in [2.45, 2.75) is 57.8 Å². The molecule has 2 fully saturated rings. The number of nitrogens with zero attached hydrogens (tertiary/aromatic N) is 4. The number of halogens is 3. The Morgan fingerprint density at radius 2 is 1.91 bits per heavy atom. The number of hydrazine groups is 1. The Morgan fingerprint density at radius 1 is 1.16 bits per heavy atom. The van der Waals surface area contributed by atoms with E-state index in [2.05, 4.69) is 29.7 Å². The molecule has 0 aromatic heterocycles. The molecule has 5 atom stereocenters. The molecule has 3 aliphatic heterocycles. The molecule has 2 N–H and O–H groups in total. The van der Waals surface area contributed by atoms with Gasteiger partial charge < -0.3 is 20.4 Å². The number of amidine groups is 1. The molecule has 13 heteroatoms. The summed E-state index contributed by atoms with van der Waals surface area (Å²) in [6.45, 7) is 6.69. The molecule has 6 rings (SSSR count). The van der Waals surface area contributed by atoms with E-state index in [0.717, 1.165) is 24.3 Å². The predicted octanol–water partition coefficient (Wildman–Crippen LogP) is 5.90. The number of rotatable bonds is 6. The van der Waals surface area contributed by atoms with Gasteiger partial charge in [-0.2, -0.15) is 5.01 Å². The molecular weight excluding hydrogens is 639 g/mol. The molecule has 3 amide bonds. The van der Waals surface area contributed by atoms with Crippen LogP contribution in [0.1, 0.15) is 50.4 Å². The molecule has 5 unspecified atom stereocenters. The van der Waals surface area contributed by atoms with Crippen LogP contribution in [0.4, 0.5) is 11.4 Å². The van der Waals surface area contributed by atoms with Crippen LogP contribution in [0.3, 0.4) is 0 Å². The number of likely N-dealkylation sites (N-methyl/N-ethyl adjacent to an activating group) is 1. The highest BCUT2D eigenvalue weighted by Crippen LogP contribution is 2.53. The number of anilines is 2. The minimum atomic E-state index is -1.20. The number of hydrazone groups is 1. The molecule has 45 heavy (non-hydrogen) atoms. The fourth-order valence-corrected chi connectivity index (χ4v) is 7.42. The summed E-state index contributed by atoms with van der Waals surface area (Å²) < 4.78 is 6.12. The van der Waals surface area contributed by atoms with Crippen molar-refractivity contribution in [2.24, 2.45) is 16.9 Å². The van der Waals surface area contributed by atoms with Gasteiger partial charge in [-0.15, -0.1) is 5.10 Å². The number of ether oxygens (including phenoxy) is 1. The summed E-state index contributed by atoms with van der Waals surface area (Å²) in [5.74, 6) is -0.131. The number of benzene rings is 2. The Hall–Kier alpha value is -3.57. The Kier molecular flexibility index (Phi) is 8.60. The van der Waals surface area contributed by atoms with Crippen molar-refractivity contribution in [1.29, 1.82) is 0 Å². The molecule has 1 spiro atoms. The molecule has 1 aliphatic carbocycles. The van der Waals surface area contributed by atoms with Gasteiger partial charge in [0.25, 0.3) is 17.7 Å². The number of hydrogen-bond acceptors (Lipinski definition) is 7. The van der Waals surface area contributed by atoms with Crippen LogP contribution in [0.5, 0.6) is 0 Å². The minimum Gasteiger partial charge on any atom is -0.355 e. The number of amides is 3. The third-order valence-electron chi connectivity index (χ3n) is 8.86. The van der Waals surface area contributed by atoms with Crippen molar-refractivity contribution in [3.05, 3.63) is 81.6 Å². The normalized spacial score (nSPS) is 27.0. The average Bonchev–Trinajstić information content (AvgIpc) is 3.67. The average molecular weight is 672 g/mol. The van der Waals surface area contributed by atoms with E-state index in [9.17, 15) is 14.4 Å². The number of carbonyl (C=O) groups is 3. The van der Waals surface area contributed by atoms with Crippen LogP contribution >= 0.6 is 34.8 Å². The van der Waals surface area contributed by atoms with Crippen LogP contribution in [0.15, 0.2) is 66.1 Å². The lowest BCUT2D eigenvalue weighted by atomic mass is 9.73. The zero-order valence-electron chi connectivity index (χ0n) is 25.0. The zero-order chi connectivity index (χ0) is 32.0. The van der Waals surface area contributed by atoms with Gasteiger partial charge in [0.05, 0.1) is 10.0 Å². The molecule has 10 nitrogen and oxygen atoms in total. The molecular formula is C32H33Cl3N6O4. The van der Waals surface area contributed by atoms with Crippen LogP contribution in [0, 0.1) is 11.8 Å². The number of epoxide rings is 1. The first-order chi connectivity index (χ1) is 21.5. The monoisotopic (exact) mass is 670 g/mol. The van der Waals surface area contributed by atoms with E-state index in [1.165, 1.54) is 17.1 Å². The van der Waals surface area contributed by atoms with Crippen molar-refractivity contribution in [3.63, 3.8) is 0 Å². The Labute approximate surface area is 276 Å². The summed E-state index contributed by atoms with van der Waals surface area (Å²) in [6.07, 6.45) is 9.26. The smallest absolute Gasteiger partial charge is 0.278 e. The van der Waals surface area contributed by atoms with Gasteiger partial charge in [0.15, 0.2) is 18.0 Å². The van der Waals surface area contributed by atoms with Crippen LogP contribution in [0.25, 0.3) is 0 Å². The van der Waals surface area contributed by atoms with Crippen LogP contribution < -0.4 is 20.7 Å². The SMILES string of the molecule is CCN(C(=O)C1OC12CCC(C)CC2C)c1cccc(C(=O)NC2C(=O)N(c3c(Cl)cc(Cl)cc3Cl)N=C2N2C=CC=CN2)c1. The van der Waals surface area contributed by atoms with Crippen molar-refractivity contribution in [1.82, 2.24) is 15.8 Å². The van der Waals surface area contributed by atoms with Crippen LogP contribution in [0.2, 0.25) is 15.1 Å². The lowest BCUT2D eigenvalue weighted by molar-refractivity contribution is -0.120. The molecule has 4 aliphatic rings. The van der Waals surface area contributed by atoms with Gasteiger partial charge in [0.2, 0.25) is 0 Å². The maximum Gasteiger partial charge on any atom is 0.278 e. The molecule has 2 aromatic carbocycles. The zero-order valence-corrected chi connectivity index (χ0v) is 27.2. The molecule has 3 heterocycles. The second-order valence-corrected chi connectivity index (χ2v) is 13.0. The molecule has 2 aromatic rings. The second-order valence-electron chi connectivity index (χ2n) is 11.8. The Bertz CT molecular complexity index is 1620. The second kappa shape index (κ2) is 12.3. The summed E-state index contributed by atoms with van der Waals surface area (Å²) in [4.78, 5) is 42.8. The lowest BCUT2D eigenvalue weighted by Crippen LogP contribution is -2.52. The van der Waals surface area contributed by atoms with Gasteiger partial charge in [0, 0.05) is 35.2 Å². The molecule has 1 saturated carbocycles. The largest absolute Gasteiger partial charge is 0.355 e. The van der Waals surface area contributed by atoms with Crippen molar-refractivity contribution < 1.29 is 19.1 Å². The summed E-state index contributed by atoms with van der Waals surface area (Å²) in [6, 6.07) is 8.47. The van der Waals surface area contributed by atoms with E-state index in [0.29, 0.717) is 29.1 Å². The van der Waals surface area contributed by atoms with Gasteiger partial charge in [0.1, 0.15) is 11.3 Å². The first-order valence-corrected chi connectivity index (χ1v) is 16.0. The number of hydrogen-bond donors (Lipinski definition) is 2. The molecule has 0 bridgehead atoms. The van der Waals surface area contributed by atoms with Gasteiger partial charge >= 0.3 is 0 Å². The maximum atomic E-state index is 13.8. The molecule has 0 radical (unpaired) electrons. The number of nitrogens with one attached hydrogen (secondary N) is 2. The third-order valence-corrected chi connectivity index (χ3v) is 9.65. The maximum absolute atomic E-state index is 13.8. The predicted molar refractivity (Wildman–Crippen MR) is 175 cm³/mol. The Morgan fingerprint density at radius 3 is 2.58 bits per heavy atom. The summed E-state index contributed by atoms with van der Waals surface area (Å²) in [5.41, 5.74) is 3.55. The first-order valence-electron chi connectivity index (χ1n) is 14.9. The summed E-state index contributed by atoms with van der Waals surface area (Å²) in [5, 5.41) is 10.4. The fraction of sp³-hybridized carbons (Fsp3) is 0.375. The van der Waals surface area contributed by atoms with Gasteiger partial charge in [-0.05, 0) is 80.5 Å². The van der Waals surface area contributed by atoms with E-state index in [4.69, 9.17) is 39.5 Å². The first kappa shape index (κ1) is 31.4. The van der Waals surface area contributed by atoms with Crippen molar-refractivity contribution >= 4 is 69.7 Å². The number of allylic oxidation sites excluding steroid dienone is 2. The van der Waals surface area contributed by atoms with E-state index in [1.54, 1.807) is 53.7 Å². The van der Waals surface area contributed by atoms with E-state index < -0.39 is 29.6 Å². The highest BCUT2D eigenvalue weighted by molar-refractivity contribution is 6.43. The third kappa shape index (κ3) is 5.80. The van der Waals surface area contributed by atoms with Crippen molar-refractivity contribution in [2.75, 3.05) is 16.5 Å². The summed E-state index contributed by atoms with van der Waals surface area (Å²) >= 11 is 18.9. The van der Waals surface area contributed by atoms with E-state index in [-0.39, 0.29) is 33.0 Å². The van der Waals surface area contributed by atoms with Gasteiger partial charge in [-0.3, -0.25) is 14.4 Å². The highest BCUT2D eigenvalue weighted by Gasteiger charge is 2.65. The summed E-state index contributed by atoms with van der Waals surface area (Å²) in [7, 11) is 0. The minimum absolute atomic E-state index is 0.111.